The lowest BCUT2D eigenvalue weighted by molar-refractivity contribution is -0.160. The Morgan fingerprint density at radius 3 is 0.924 bits per heavy atom. The molecule has 5 nitrogen and oxygen atoms in total. The van der Waals surface area contributed by atoms with E-state index in [-0.39, 0.29) is 25.6 Å². The fourth-order valence-corrected chi connectivity index (χ4v) is 8.58. The maximum absolute atomic E-state index is 12.2. The number of carbonyl (C=O) groups is 2. The van der Waals surface area contributed by atoms with Crippen LogP contribution in [0.25, 0.3) is 0 Å². The molecule has 0 heterocycles. The zero-order chi connectivity index (χ0) is 47.7. The lowest BCUT2D eigenvalue weighted by Crippen LogP contribution is -2.28. The van der Waals surface area contributed by atoms with Gasteiger partial charge in [0.2, 0.25) is 0 Å². The Balaban J connectivity index is 3.41. The van der Waals surface area contributed by atoms with Crippen LogP contribution in [0.5, 0.6) is 0 Å². The molecule has 0 aliphatic carbocycles. The number of ether oxygens (including phenoxy) is 2. The van der Waals surface area contributed by atoms with Crippen molar-refractivity contribution in [1.29, 1.82) is 0 Å². The Morgan fingerprint density at radius 2 is 0.636 bits per heavy atom. The van der Waals surface area contributed by atoms with Crippen molar-refractivity contribution in [3.63, 3.8) is 0 Å². The van der Waals surface area contributed by atoms with Gasteiger partial charge in [0.15, 0.2) is 6.10 Å². The molecule has 0 spiro atoms. The van der Waals surface area contributed by atoms with E-state index in [4.69, 9.17) is 9.47 Å². The van der Waals surface area contributed by atoms with E-state index >= 15 is 0 Å². The topological polar surface area (TPSA) is 72.8 Å². The van der Waals surface area contributed by atoms with E-state index in [1.54, 1.807) is 6.08 Å². The Hall–Kier alpha value is -2.40. The molecular weight excluding hydrogens is 813 g/mol. The van der Waals surface area contributed by atoms with Gasteiger partial charge in [-0.1, -0.05) is 306 Å². The normalized spacial score (nSPS) is 12.6. The van der Waals surface area contributed by atoms with Crippen molar-refractivity contribution in [3.05, 3.63) is 60.8 Å². The predicted octanol–water partition coefficient (Wildman–Crippen LogP) is 19.4. The summed E-state index contributed by atoms with van der Waals surface area (Å²) in [6.07, 6.45) is 76.9. The van der Waals surface area contributed by atoms with Crippen LogP contribution in [-0.2, 0) is 19.1 Å². The second-order valence-corrected chi connectivity index (χ2v) is 19.4. The molecule has 0 saturated heterocycles. The summed E-state index contributed by atoms with van der Waals surface area (Å²) in [4.78, 5) is 24.4. The van der Waals surface area contributed by atoms with E-state index in [1.807, 2.05) is 6.08 Å². The summed E-state index contributed by atoms with van der Waals surface area (Å²) < 4.78 is 10.6. The minimum Gasteiger partial charge on any atom is -0.462 e. The fraction of sp³-hybridized carbons (Fsp3) is 0.803. The first-order valence-electron chi connectivity index (χ1n) is 28.8. The lowest BCUT2D eigenvalue weighted by atomic mass is 10.0. The summed E-state index contributed by atoms with van der Waals surface area (Å²) >= 11 is 0. The van der Waals surface area contributed by atoms with Gasteiger partial charge in [0.25, 0.3) is 0 Å². The number of rotatable bonds is 53. The average molecular weight is 924 g/mol. The smallest absolute Gasteiger partial charge is 0.310 e. The first-order chi connectivity index (χ1) is 32.6. The number of hydrogen-bond acceptors (Lipinski definition) is 5. The van der Waals surface area contributed by atoms with Gasteiger partial charge in [-0.2, -0.15) is 0 Å². The lowest BCUT2D eigenvalue weighted by Gasteiger charge is -2.15. The summed E-state index contributed by atoms with van der Waals surface area (Å²) in [5, 5.41) is 9.59. The number of aliphatic hydroxyl groups excluding tert-OH is 1. The second-order valence-electron chi connectivity index (χ2n) is 19.4. The van der Waals surface area contributed by atoms with Crippen molar-refractivity contribution >= 4 is 11.9 Å². The number of carbonyl (C=O) groups excluding carboxylic acids is 2. The summed E-state index contributed by atoms with van der Waals surface area (Å²) in [7, 11) is 0. The van der Waals surface area contributed by atoms with Gasteiger partial charge >= 0.3 is 11.9 Å². The molecule has 0 saturated carbocycles. The Morgan fingerprint density at radius 1 is 0.364 bits per heavy atom. The van der Waals surface area contributed by atoms with Crippen LogP contribution in [0, 0.1) is 0 Å². The summed E-state index contributed by atoms with van der Waals surface area (Å²) in [6.45, 7) is 3.97. The van der Waals surface area contributed by atoms with Gasteiger partial charge in [0.1, 0.15) is 6.61 Å². The van der Waals surface area contributed by atoms with Crippen LogP contribution in [0.1, 0.15) is 296 Å². The van der Waals surface area contributed by atoms with E-state index in [9.17, 15) is 14.7 Å². The molecule has 1 atom stereocenters. The molecule has 1 unspecified atom stereocenters. The van der Waals surface area contributed by atoms with Crippen LogP contribution >= 0.6 is 0 Å². The predicted molar refractivity (Wildman–Crippen MR) is 288 cm³/mol. The second kappa shape index (κ2) is 56.9. The quantitative estimate of drug-likeness (QED) is 0.0374. The number of unbranched alkanes of at least 4 members (excludes halogenated alkanes) is 36. The van der Waals surface area contributed by atoms with Crippen LogP contribution in [0.4, 0.5) is 0 Å². The largest absolute Gasteiger partial charge is 0.462 e. The van der Waals surface area contributed by atoms with E-state index in [1.165, 1.54) is 218 Å². The monoisotopic (exact) mass is 923 g/mol. The highest BCUT2D eigenvalue weighted by Crippen LogP contribution is 2.18. The molecule has 0 amide bonds. The van der Waals surface area contributed by atoms with Gasteiger partial charge < -0.3 is 14.6 Å². The molecule has 0 aliphatic rings. The first kappa shape index (κ1) is 63.6. The van der Waals surface area contributed by atoms with Crippen molar-refractivity contribution in [3.8, 4) is 0 Å². The minimum atomic E-state index is -0.827. The van der Waals surface area contributed by atoms with Crippen molar-refractivity contribution < 1.29 is 24.2 Å². The van der Waals surface area contributed by atoms with Gasteiger partial charge in [-0.15, -0.1) is 0 Å². The average Bonchev–Trinajstić information content (AvgIpc) is 3.32. The third-order valence-electron chi connectivity index (χ3n) is 12.9. The standard InChI is InChI=1S/C61H110O5/c1-3-5-7-9-11-13-15-17-19-20-21-22-23-24-25-26-27-28-29-30-31-32-33-34-35-36-37-38-39-40-42-43-45-47-49-51-53-55-60(63)65-58-59(57-62)66-61(64)56-54-52-50-48-46-44-41-18-16-14-12-10-8-6-4-2/h6,8,12,14,18,41,46,48,52,54,59,62H,3-5,7,9-11,13,15-17,19-40,42-45,47,49-51,53,55-58H2,1-2H3/b8-6-,14-12-,41-18-,48-46-,54-52-. The molecule has 0 fully saturated rings. The molecule has 0 rings (SSSR count). The van der Waals surface area contributed by atoms with Crippen molar-refractivity contribution in [2.45, 2.75) is 302 Å². The zero-order valence-corrected chi connectivity index (χ0v) is 44.0. The number of esters is 2. The van der Waals surface area contributed by atoms with Gasteiger partial charge in [-0.05, 0) is 38.5 Å². The maximum atomic E-state index is 12.2. The molecular formula is C61H110O5. The minimum absolute atomic E-state index is 0.105. The molecule has 0 bridgehead atoms. The number of allylic oxidation sites excluding steroid dienone is 9. The molecule has 0 aromatic heterocycles. The van der Waals surface area contributed by atoms with E-state index in [2.05, 4.69) is 62.5 Å². The van der Waals surface area contributed by atoms with Crippen molar-refractivity contribution in [1.82, 2.24) is 0 Å². The van der Waals surface area contributed by atoms with Crippen LogP contribution < -0.4 is 0 Å². The Kier molecular flexibility index (Phi) is 54.9. The molecule has 1 N–H and O–H groups in total. The molecule has 0 radical (unpaired) electrons. The van der Waals surface area contributed by atoms with E-state index < -0.39 is 12.1 Å². The fourth-order valence-electron chi connectivity index (χ4n) is 8.58. The van der Waals surface area contributed by atoms with Gasteiger partial charge in [0, 0.05) is 6.42 Å². The number of aliphatic hydroxyl groups is 1. The molecule has 384 valence electrons. The van der Waals surface area contributed by atoms with E-state index in [0.29, 0.717) is 6.42 Å². The molecule has 66 heavy (non-hydrogen) atoms. The van der Waals surface area contributed by atoms with Crippen LogP contribution in [0.15, 0.2) is 60.8 Å². The third-order valence-corrected chi connectivity index (χ3v) is 12.9. The van der Waals surface area contributed by atoms with Crippen molar-refractivity contribution in [2.75, 3.05) is 13.2 Å². The maximum Gasteiger partial charge on any atom is 0.310 e. The van der Waals surface area contributed by atoms with Crippen LogP contribution in [0.3, 0.4) is 0 Å². The molecule has 0 aromatic rings. The highest BCUT2D eigenvalue weighted by molar-refractivity contribution is 5.71. The van der Waals surface area contributed by atoms with Crippen LogP contribution in [0.2, 0.25) is 0 Å². The Labute approximate surface area is 411 Å². The highest BCUT2D eigenvalue weighted by Gasteiger charge is 2.15. The van der Waals surface area contributed by atoms with Crippen LogP contribution in [-0.4, -0.2) is 36.4 Å². The SMILES string of the molecule is CC/C=C\C/C=C\C/C=C\C/C=C\C/C=C\CC(=O)OC(CO)COC(=O)CCCCCCCCCCCCCCCCCCCCCCCCCCCCCCCCCCCCCCC. The highest BCUT2D eigenvalue weighted by atomic mass is 16.6. The van der Waals surface area contributed by atoms with Gasteiger partial charge in [-0.25, -0.2) is 0 Å². The number of hydrogen-bond donors (Lipinski definition) is 1. The van der Waals surface area contributed by atoms with Crippen molar-refractivity contribution in [2.24, 2.45) is 0 Å². The molecule has 0 aliphatic heterocycles. The summed E-state index contributed by atoms with van der Waals surface area (Å²) in [5.41, 5.74) is 0. The Bertz CT molecular complexity index is 1130. The summed E-state index contributed by atoms with van der Waals surface area (Å²) in [6, 6.07) is 0. The molecule has 0 aromatic carbocycles. The third kappa shape index (κ3) is 54.2. The zero-order valence-electron chi connectivity index (χ0n) is 44.0. The van der Waals surface area contributed by atoms with Gasteiger partial charge in [0.05, 0.1) is 13.0 Å². The molecule has 5 heteroatoms. The first-order valence-corrected chi connectivity index (χ1v) is 28.8. The summed E-state index contributed by atoms with van der Waals surface area (Å²) in [5.74, 6) is -0.730. The van der Waals surface area contributed by atoms with E-state index in [0.717, 1.165) is 51.4 Å². The van der Waals surface area contributed by atoms with Gasteiger partial charge in [-0.3, -0.25) is 9.59 Å².